The highest BCUT2D eigenvalue weighted by Gasteiger charge is 2.28. The fourth-order valence-corrected chi connectivity index (χ4v) is 2.67. The number of methoxy groups -OCH3 is 1. The minimum absolute atomic E-state index is 0.0514. The first-order valence-corrected chi connectivity index (χ1v) is 7.01. The van der Waals surface area contributed by atoms with Crippen molar-refractivity contribution < 1.29 is 9.53 Å². The van der Waals surface area contributed by atoms with E-state index in [1.165, 1.54) is 18.2 Å². The normalized spacial score (nSPS) is 12.8. The molecule has 2 aromatic rings. The predicted molar refractivity (Wildman–Crippen MR) is 83.3 cm³/mol. The van der Waals surface area contributed by atoms with Crippen LogP contribution < -0.4 is 0 Å². The Labute approximate surface area is 126 Å². The van der Waals surface area contributed by atoms with E-state index in [2.05, 4.69) is 31.8 Å². The summed E-state index contributed by atoms with van der Waals surface area (Å²) in [6.07, 6.45) is 3.69. The fraction of sp³-hybridized carbons (Fsp3) is 0.333. The minimum atomic E-state index is -0.310. The average Bonchev–Trinajstić information content (AvgIpc) is 2.47. The quantitative estimate of drug-likeness (QED) is 0.798. The molecule has 0 radical (unpaired) electrons. The van der Waals surface area contributed by atoms with Gasteiger partial charge in [0.05, 0.1) is 12.7 Å². The third kappa shape index (κ3) is 3.48. The van der Waals surface area contributed by atoms with Crippen LogP contribution in [0, 0.1) is 5.41 Å². The number of carbonyl (C=O) groups excluding carboxylic acids is 1. The van der Waals surface area contributed by atoms with Gasteiger partial charge in [0.15, 0.2) is 0 Å². The third-order valence-electron chi connectivity index (χ3n) is 3.55. The number of aromatic nitrogens is 1. The Morgan fingerprint density at radius 3 is 2.24 bits per heavy atom. The molecule has 1 atom stereocenters. The third-order valence-corrected chi connectivity index (χ3v) is 3.55. The lowest BCUT2D eigenvalue weighted by atomic mass is 9.73. The lowest BCUT2D eigenvalue weighted by Gasteiger charge is -2.31. The van der Waals surface area contributed by atoms with E-state index in [1.807, 2.05) is 36.5 Å². The van der Waals surface area contributed by atoms with Crippen molar-refractivity contribution in [3.8, 4) is 0 Å². The molecule has 0 aliphatic carbocycles. The summed E-state index contributed by atoms with van der Waals surface area (Å²) in [5.74, 6) is -0.0897. The number of hydrogen-bond acceptors (Lipinski definition) is 3. The Morgan fingerprint density at radius 1 is 1.10 bits per heavy atom. The molecule has 110 valence electrons. The molecule has 2 rings (SSSR count). The van der Waals surface area contributed by atoms with Crippen LogP contribution in [0.2, 0.25) is 0 Å². The summed E-state index contributed by atoms with van der Waals surface area (Å²) in [6.45, 7) is 6.62. The number of benzene rings is 1. The molecule has 1 aromatic heterocycles. The Bertz CT molecular complexity index is 597. The number of rotatable bonds is 3. The zero-order valence-electron chi connectivity index (χ0n) is 13.0. The number of carbonyl (C=O) groups is 1. The van der Waals surface area contributed by atoms with Crippen LogP contribution in [-0.4, -0.2) is 18.1 Å². The van der Waals surface area contributed by atoms with Gasteiger partial charge in [-0.15, -0.1) is 0 Å². The van der Waals surface area contributed by atoms with Gasteiger partial charge in [-0.05, 0) is 34.7 Å². The molecule has 1 aromatic carbocycles. The first kappa shape index (κ1) is 15.2. The van der Waals surface area contributed by atoms with Crippen molar-refractivity contribution in [3.63, 3.8) is 0 Å². The van der Waals surface area contributed by atoms with Gasteiger partial charge in [-0.2, -0.15) is 0 Å². The van der Waals surface area contributed by atoms with Crippen LogP contribution in [0.5, 0.6) is 0 Å². The largest absolute Gasteiger partial charge is 0.465 e. The highest BCUT2D eigenvalue weighted by molar-refractivity contribution is 5.89. The van der Waals surface area contributed by atoms with Crippen molar-refractivity contribution in [2.75, 3.05) is 7.11 Å². The topological polar surface area (TPSA) is 39.2 Å². The zero-order valence-corrected chi connectivity index (χ0v) is 13.0. The molecule has 0 saturated heterocycles. The van der Waals surface area contributed by atoms with Gasteiger partial charge >= 0.3 is 5.97 Å². The Morgan fingerprint density at radius 2 is 1.76 bits per heavy atom. The van der Waals surface area contributed by atoms with Gasteiger partial charge < -0.3 is 4.74 Å². The van der Waals surface area contributed by atoms with E-state index in [0.717, 1.165) is 0 Å². The van der Waals surface area contributed by atoms with Crippen molar-refractivity contribution in [1.82, 2.24) is 4.98 Å². The Balaban J connectivity index is 2.41. The first-order valence-electron chi connectivity index (χ1n) is 7.01. The van der Waals surface area contributed by atoms with Gasteiger partial charge in [0.1, 0.15) is 0 Å². The first-order chi connectivity index (χ1) is 9.93. The summed E-state index contributed by atoms with van der Waals surface area (Å²) < 4.78 is 4.74. The van der Waals surface area contributed by atoms with E-state index in [4.69, 9.17) is 4.74 Å². The summed E-state index contributed by atoms with van der Waals surface area (Å²) in [7, 11) is 1.39. The fourth-order valence-electron chi connectivity index (χ4n) is 2.67. The van der Waals surface area contributed by atoms with E-state index < -0.39 is 0 Å². The lowest BCUT2D eigenvalue weighted by molar-refractivity contribution is 0.0600. The maximum atomic E-state index is 11.5. The number of esters is 1. The molecule has 1 unspecified atom stereocenters. The molecular formula is C18H21NO2. The monoisotopic (exact) mass is 283 g/mol. The molecule has 3 nitrogen and oxygen atoms in total. The standard InChI is InChI=1S/C18H21NO2/c1-18(2,3)16(15-6-5-11-19-12-15)13-7-9-14(10-8-13)17(20)21-4/h5-12,16H,1-4H3. The molecule has 0 saturated carbocycles. The second kappa shape index (κ2) is 6.08. The van der Waals surface area contributed by atoms with Crippen molar-refractivity contribution in [2.24, 2.45) is 5.41 Å². The Kier molecular flexibility index (Phi) is 4.41. The maximum absolute atomic E-state index is 11.5. The average molecular weight is 283 g/mol. The van der Waals surface area contributed by atoms with Crippen molar-refractivity contribution in [2.45, 2.75) is 26.7 Å². The summed E-state index contributed by atoms with van der Waals surface area (Å²) in [5, 5.41) is 0. The molecule has 1 heterocycles. The van der Waals surface area contributed by atoms with Crippen LogP contribution in [0.3, 0.4) is 0 Å². The van der Waals surface area contributed by atoms with Crippen LogP contribution in [0.4, 0.5) is 0 Å². The van der Waals surface area contributed by atoms with Gasteiger partial charge in [0, 0.05) is 18.3 Å². The van der Waals surface area contributed by atoms with E-state index in [0.29, 0.717) is 5.56 Å². The molecule has 0 fully saturated rings. The number of nitrogens with zero attached hydrogens (tertiary/aromatic N) is 1. The van der Waals surface area contributed by atoms with Crippen molar-refractivity contribution in [3.05, 3.63) is 65.5 Å². The molecule has 3 heteroatoms. The summed E-state index contributed by atoms with van der Waals surface area (Å²) >= 11 is 0. The number of hydrogen-bond donors (Lipinski definition) is 0. The van der Waals surface area contributed by atoms with E-state index in [-0.39, 0.29) is 17.3 Å². The second-order valence-corrected chi connectivity index (χ2v) is 6.20. The second-order valence-electron chi connectivity index (χ2n) is 6.20. The van der Waals surface area contributed by atoms with E-state index in [9.17, 15) is 4.79 Å². The van der Waals surface area contributed by atoms with Crippen LogP contribution in [-0.2, 0) is 4.74 Å². The van der Waals surface area contributed by atoms with Crippen LogP contribution >= 0.6 is 0 Å². The van der Waals surface area contributed by atoms with Crippen molar-refractivity contribution >= 4 is 5.97 Å². The van der Waals surface area contributed by atoms with Gasteiger partial charge in [-0.3, -0.25) is 4.98 Å². The predicted octanol–water partition coefficient (Wildman–Crippen LogP) is 4.05. The van der Waals surface area contributed by atoms with Gasteiger partial charge in [-0.1, -0.05) is 39.0 Å². The molecule has 0 aliphatic heterocycles. The molecule has 21 heavy (non-hydrogen) atoms. The van der Waals surface area contributed by atoms with Gasteiger partial charge in [0.25, 0.3) is 0 Å². The smallest absolute Gasteiger partial charge is 0.337 e. The molecular weight excluding hydrogens is 262 g/mol. The maximum Gasteiger partial charge on any atom is 0.337 e. The summed E-state index contributed by atoms with van der Waals surface area (Å²) in [5.41, 5.74) is 2.97. The van der Waals surface area contributed by atoms with Crippen LogP contribution in [0.15, 0.2) is 48.8 Å². The Hall–Kier alpha value is -2.16. The SMILES string of the molecule is COC(=O)c1ccc(C(c2cccnc2)C(C)(C)C)cc1. The zero-order chi connectivity index (χ0) is 15.5. The molecule has 0 bridgehead atoms. The number of pyridine rings is 1. The van der Waals surface area contributed by atoms with E-state index >= 15 is 0 Å². The van der Waals surface area contributed by atoms with Gasteiger partial charge in [-0.25, -0.2) is 4.79 Å². The highest BCUT2D eigenvalue weighted by Crippen LogP contribution is 2.40. The molecule has 0 spiro atoms. The van der Waals surface area contributed by atoms with E-state index in [1.54, 1.807) is 6.20 Å². The summed E-state index contributed by atoms with van der Waals surface area (Å²) in [4.78, 5) is 15.8. The summed E-state index contributed by atoms with van der Waals surface area (Å²) in [6, 6.07) is 11.7. The van der Waals surface area contributed by atoms with Crippen LogP contribution in [0.1, 0.15) is 48.2 Å². The number of ether oxygens (including phenoxy) is 1. The molecule has 0 aliphatic rings. The molecule has 0 amide bonds. The van der Waals surface area contributed by atoms with Crippen LogP contribution in [0.25, 0.3) is 0 Å². The highest BCUT2D eigenvalue weighted by atomic mass is 16.5. The van der Waals surface area contributed by atoms with Crippen molar-refractivity contribution in [1.29, 1.82) is 0 Å². The molecule has 0 N–H and O–H groups in total. The van der Waals surface area contributed by atoms with Gasteiger partial charge in [0.2, 0.25) is 0 Å². The minimum Gasteiger partial charge on any atom is -0.465 e. The lowest BCUT2D eigenvalue weighted by Crippen LogP contribution is -2.20.